The van der Waals surface area contributed by atoms with E-state index in [1.807, 2.05) is 37.4 Å². The van der Waals surface area contributed by atoms with Gasteiger partial charge >= 0.3 is 0 Å². The minimum absolute atomic E-state index is 0.0419. The predicted molar refractivity (Wildman–Crippen MR) is 52.2 cm³/mol. The Morgan fingerprint density at radius 1 is 1.00 bits per heavy atom. The van der Waals surface area contributed by atoms with E-state index in [1.54, 1.807) is 0 Å². The molecule has 0 radical (unpaired) electrons. The summed E-state index contributed by atoms with van der Waals surface area (Å²) in [6.45, 7) is 8.22. The van der Waals surface area contributed by atoms with Crippen LogP contribution in [0.5, 0.6) is 0 Å². The SMILES string of the molecule is C\C=C/C=C\C=N\C(C)(C)C. The summed E-state index contributed by atoms with van der Waals surface area (Å²) in [7, 11) is 0. The predicted octanol–water partition coefficient (Wildman–Crippen LogP) is 2.99. The summed E-state index contributed by atoms with van der Waals surface area (Å²) in [4.78, 5) is 4.28. The fourth-order valence-corrected chi connectivity index (χ4v) is 0.492. The topological polar surface area (TPSA) is 12.4 Å². The quantitative estimate of drug-likeness (QED) is 0.425. The summed E-state index contributed by atoms with van der Waals surface area (Å²) >= 11 is 0. The summed E-state index contributed by atoms with van der Waals surface area (Å²) in [5, 5.41) is 0. The van der Waals surface area contributed by atoms with E-state index in [9.17, 15) is 0 Å². The lowest BCUT2D eigenvalue weighted by molar-refractivity contribution is 0.587. The lowest BCUT2D eigenvalue weighted by atomic mass is 10.1. The van der Waals surface area contributed by atoms with Crippen LogP contribution in [0.3, 0.4) is 0 Å². The van der Waals surface area contributed by atoms with Crippen LogP contribution in [0, 0.1) is 0 Å². The van der Waals surface area contributed by atoms with Gasteiger partial charge in [-0.1, -0.05) is 18.2 Å². The van der Waals surface area contributed by atoms with Crippen LogP contribution in [0.15, 0.2) is 29.3 Å². The lowest BCUT2D eigenvalue weighted by Gasteiger charge is -2.09. The van der Waals surface area contributed by atoms with Gasteiger partial charge in [0, 0.05) is 6.21 Å². The van der Waals surface area contributed by atoms with Crippen molar-refractivity contribution in [1.29, 1.82) is 0 Å². The smallest absolute Gasteiger partial charge is 0.0524 e. The second-order valence-electron chi connectivity index (χ2n) is 3.36. The number of hydrogen-bond acceptors (Lipinski definition) is 1. The molecule has 0 unspecified atom stereocenters. The van der Waals surface area contributed by atoms with Gasteiger partial charge < -0.3 is 0 Å². The first kappa shape index (κ1) is 10.2. The van der Waals surface area contributed by atoms with Gasteiger partial charge in [0.05, 0.1) is 5.54 Å². The lowest BCUT2D eigenvalue weighted by Crippen LogP contribution is -2.08. The summed E-state index contributed by atoms with van der Waals surface area (Å²) in [6.07, 6.45) is 9.70. The molecule has 62 valence electrons. The molecule has 0 N–H and O–H groups in total. The average molecular weight is 151 g/mol. The molecular formula is C10H17N. The Hall–Kier alpha value is -0.850. The Kier molecular flexibility index (Phi) is 4.51. The number of allylic oxidation sites excluding steroid dienone is 4. The second-order valence-corrected chi connectivity index (χ2v) is 3.36. The zero-order chi connectivity index (χ0) is 8.74. The first-order valence-electron chi connectivity index (χ1n) is 3.89. The Balaban J connectivity index is 3.78. The van der Waals surface area contributed by atoms with Crippen molar-refractivity contribution in [3.8, 4) is 0 Å². The highest BCUT2D eigenvalue weighted by Crippen LogP contribution is 2.04. The molecule has 0 bridgehead atoms. The molecule has 0 aromatic carbocycles. The van der Waals surface area contributed by atoms with Crippen molar-refractivity contribution >= 4 is 6.21 Å². The van der Waals surface area contributed by atoms with Gasteiger partial charge in [0.15, 0.2) is 0 Å². The molecule has 0 spiro atoms. The van der Waals surface area contributed by atoms with Gasteiger partial charge in [-0.05, 0) is 33.8 Å². The van der Waals surface area contributed by atoms with Gasteiger partial charge in [-0.15, -0.1) is 0 Å². The van der Waals surface area contributed by atoms with Gasteiger partial charge in [0.1, 0.15) is 0 Å². The van der Waals surface area contributed by atoms with Crippen molar-refractivity contribution in [3.05, 3.63) is 24.3 Å². The zero-order valence-corrected chi connectivity index (χ0v) is 7.83. The number of rotatable bonds is 2. The molecular weight excluding hydrogens is 134 g/mol. The van der Waals surface area contributed by atoms with E-state index < -0.39 is 0 Å². The fraction of sp³-hybridized carbons (Fsp3) is 0.500. The van der Waals surface area contributed by atoms with Crippen LogP contribution in [0.4, 0.5) is 0 Å². The molecule has 0 aliphatic heterocycles. The maximum atomic E-state index is 4.28. The van der Waals surface area contributed by atoms with E-state index in [2.05, 4.69) is 25.8 Å². The fourth-order valence-electron chi connectivity index (χ4n) is 0.492. The minimum Gasteiger partial charge on any atom is -0.287 e. The van der Waals surface area contributed by atoms with Crippen molar-refractivity contribution in [3.63, 3.8) is 0 Å². The van der Waals surface area contributed by atoms with Crippen LogP contribution in [0.25, 0.3) is 0 Å². The molecule has 0 amide bonds. The molecule has 0 fully saturated rings. The van der Waals surface area contributed by atoms with Crippen LogP contribution < -0.4 is 0 Å². The first-order valence-corrected chi connectivity index (χ1v) is 3.89. The minimum atomic E-state index is 0.0419. The van der Waals surface area contributed by atoms with Crippen molar-refractivity contribution in [2.75, 3.05) is 0 Å². The molecule has 0 saturated heterocycles. The Morgan fingerprint density at radius 2 is 1.64 bits per heavy atom. The van der Waals surface area contributed by atoms with Crippen LogP contribution >= 0.6 is 0 Å². The van der Waals surface area contributed by atoms with Gasteiger partial charge in [0.2, 0.25) is 0 Å². The Bertz CT molecular complexity index is 168. The largest absolute Gasteiger partial charge is 0.287 e. The van der Waals surface area contributed by atoms with Crippen LogP contribution in [-0.4, -0.2) is 11.8 Å². The maximum absolute atomic E-state index is 4.28. The van der Waals surface area contributed by atoms with E-state index >= 15 is 0 Å². The Morgan fingerprint density at radius 3 is 2.09 bits per heavy atom. The highest BCUT2D eigenvalue weighted by molar-refractivity contribution is 5.71. The number of aliphatic imine (C=N–C) groups is 1. The van der Waals surface area contributed by atoms with Crippen LogP contribution in [0.2, 0.25) is 0 Å². The van der Waals surface area contributed by atoms with E-state index in [0.29, 0.717) is 0 Å². The molecule has 11 heavy (non-hydrogen) atoms. The maximum Gasteiger partial charge on any atom is 0.0524 e. The summed E-state index contributed by atoms with van der Waals surface area (Å²) in [5.41, 5.74) is 0.0419. The molecule has 0 saturated carbocycles. The van der Waals surface area contributed by atoms with Gasteiger partial charge in [0.25, 0.3) is 0 Å². The Labute approximate surface area is 69.5 Å². The normalized spacial score (nSPS) is 14.2. The van der Waals surface area contributed by atoms with E-state index in [1.165, 1.54) is 0 Å². The van der Waals surface area contributed by atoms with Crippen molar-refractivity contribution in [1.82, 2.24) is 0 Å². The molecule has 0 rings (SSSR count). The third-order valence-corrected chi connectivity index (χ3v) is 0.963. The number of nitrogens with zero attached hydrogens (tertiary/aromatic N) is 1. The molecule has 1 nitrogen and oxygen atoms in total. The first-order chi connectivity index (χ1) is 5.06. The van der Waals surface area contributed by atoms with Gasteiger partial charge in [-0.3, -0.25) is 4.99 Å². The van der Waals surface area contributed by atoms with Crippen LogP contribution in [0.1, 0.15) is 27.7 Å². The van der Waals surface area contributed by atoms with Crippen molar-refractivity contribution in [2.45, 2.75) is 33.2 Å². The summed E-state index contributed by atoms with van der Waals surface area (Å²) in [6, 6.07) is 0. The third-order valence-electron chi connectivity index (χ3n) is 0.963. The van der Waals surface area contributed by atoms with Gasteiger partial charge in [-0.25, -0.2) is 0 Å². The molecule has 0 atom stereocenters. The molecule has 0 aliphatic rings. The average Bonchev–Trinajstić information content (AvgIpc) is 1.85. The third kappa shape index (κ3) is 9.15. The molecule has 0 aliphatic carbocycles. The van der Waals surface area contributed by atoms with E-state index in [0.717, 1.165) is 0 Å². The highest BCUT2D eigenvalue weighted by Gasteiger charge is 2.02. The number of hydrogen-bond donors (Lipinski definition) is 0. The summed E-state index contributed by atoms with van der Waals surface area (Å²) in [5.74, 6) is 0. The van der Waals surface area contributed by atoms with Crippen LogP contribution in [-0.2, 0) is 0 Å². The monoisotopic (exact) mass is 151 g/mol. The molecule has 0 aromatic rings. The standard InChI is InChI=1S/C10H17N/c1-5-6-7-8-9-11-10(2,3)4/h5-9H,1-4H3/b6-5-,8-7-,11-9+. The van der Waals surface area contributed by atoms with Crippen molar-refractivity contribution in [2.24, 2.45) is 4.99 Å². The molecule has 0 heterocycles. The van der Waals surface area contributed by atoms with E-state index in [4.69, 9.17) is 0 Å². The molecule has 1 heteroatoms. The van der Waals surface area contributed by atoms with Gasteiger partial charge in [-0.2, -0.15) is 0 Å². The second kappa shape index (κ2) is 4.89. The molecule has 0 aromatic heterocycles. The van der Waals surface area contributed by atoms with E-state index in [-0.39, 0.29) is 5.54 Å². The van der Waals surface area contributed by atoms with Crippen molar-refractivity contribution < 1.29 is 0 Å². The highest BCUT2D eigenvalue weighted by atomic mass is 14.8. The zero-order valence-electron chi connectivity index (χ0n) is 7.83. The summed E-state index contributed by atoms with van der Waals surface area (Å²) < 4.78 is 0.